The minimum atomic E-state index is 0.714. The van der Waals surface area contributed by atoms with Gasteiger partial charge in [0.1, 0.15) is 16.6 Å². The van der Waals surface area contributed by atoms with E-state index in [9.17, 15) is 0 Å². The van der Waals surface area contributed by atoms with E-state index in [0.29, 0.717) is 5.56 Å². The number of nitrogens with one attached hydrogen (secondary N) is 1. The van der Waals surface area contributed by atoms with Gasteiger partial charge in [0, 0.05) is 6.54 Å². The van der Waals surface area contributed by atoms with E-state index in [4.69, 9.17) is 5.26 Å². The Labute approximate surface area is 87.9 Å². The zero-order valence-electron chi connectivity index (χ0n) is 8.21. The minimum absolute atomic E-state index is 0.714. The van der Waals surface area contributed by atoms with Gasteiger partial charge in [-0.25, -0.2) is 0 Å². The zero-order chi connectivity index (χ0) is 9.97. The van der Waals surface area contributed by atoms with E-state index in [1.54, 1.807) is 0 Å². The number of hydrogen-bond donors (Lipinski definition) is 1. The van der Waals surface area contributed by atoms with E-state index < -0.39 is 0 Å². The van der Waals surface area contributed by atoms with Crippen LogP contribution in [-0.2, 0) is 0 Å². The molecule has 2 rings (SSSR count). The summed E-state index contributed by atoms with van der Waals surface area (Å²) in [7, 11) is 0. The lowest BCUT2D eigenvalue weighted by atomic mass is 10.2. The highest BCUT2D eigenvalue weighted by molar-refractivity contribution is 7.10. The first-order chi connectivity index (χ1) is 6.81. The molecule has 0 saturated heterocycles. The van der Waals surface area contributed by atoms with E-state index in [0.717, 1.165) is 23.2 Å². The fraction of sp³-hybridized carbons (Fsp3) is 0.600. The van der Waals surface area contributed by atoms with Gasteiger partial charge < -0.3 is 5.32 Å². The van der Waals surface area contributed by atoms with Crippen LogP contribution in [0.2, 0.25) is 0 Å². The molecule has 14 heavy (non-hydrogen) atoms. The normalized spacial score (nSPS) is 15.1. The highest BCUT2D eigenvalue weighted by atomic mass is 32.1. The Hall–Kier alpha value is -1.08. The molecule has 1 aromatic rings. The molecule has 1 aromatic heterocycles. The summed E-state index contributed by atoms with van der Waals surface area (Å²) >= 11 is 1.39. The molecule has 1 saturated carbocycles. The maximum absolute atomic E-state index is 8.89. The molecule has 74 valence electrons. The maximum atomic E-state index is 8.89. The number of nitrogens with zero attached hydrogens (tertiary/aromatic N) is 2. The summed E-state index contributed by atoms with van der Waals surface area (Å²) in [4.78, 5) is 0. The standard InChI is InChI=1S/C10H13N3S/c1-7-9(6-11)10(14-13-7)12-5-4-8-2-3-8/h8,12H,2-5H2,1H3. The third kappa shape index (κ3) is 2.05. The molecule has 0 bridgehead atoms. The van der Waals surface area contributed by atoms with Crippen LogP contribution in [0.3, 0.4) is 0 Å². The van der Waals surface area contributed by atoms with Crippen molar-refractivity contribution in [3.8, 4) is 6.07 Å². The fourth-order valence-electron chi connectivity index (χ4n) is 1.42. The van der Waals surface area contributed by atoms with E-state index >= 15 is 0 Å². The lowest BCUT2D eigenvalue weighted by Crippen LogP contribution is -2.01. The Morgan fingerprint density at radius 1 is 1.64 bits per heavy atom. The van der Waals surface area contributed by atoms with Gasteiger partial charge in [-0.3, -0.25) is 0 Å². The zero-order valence-corrected chi connectivity index (χ0v) is 9.02. The van der Waals surface area contributed by atoms with Crippen LogP contribution in [0.15, 0.2) is 0 Å². The Morgan fingerprint density at radius 3 is 3.07 bits per heavy atom. The number of aryl methyl sites for hydroxylation is 1. The molecule has 1 fully saturated rings. The molecule has 0 radical (unpaired) electrons. The Kier molecular flexibility index (Phi) is 2.69. The van der Waals surface area contributed by atoms with Crippen LogP contribution >= 0.6 is 11.5 Å². The van der Waals surface area contributed by atoms with Crippen LogP contribution in [0, 0.1) is 24.2 Å². The van der Waals surface area contributed by atoms with Gasteiger partial charge in [0.15, 0.2) is 0 Å². The number of aromatic nitrogens is 1. The van der Waals surface area contributed by atoms with Crippen molar-refractivity contribution in [2.75, 3.05) is 11.9 Å². The first-order valence-electron chi connectivity index (χ1n) is 4.91. The number of rotatable bonds is 4. The summed E-state index contributed by atoms with van der Waals surface area (Å²) in [6.45, 7) is 2.85. The van der Waals surface area contributed by atoms with Crippen molar-refractivity contribution in [3.05, 3.63) is 11.3 Å². The molecule has 4 heteroatoms. The Morgan fingerprint density at radius 2 is 2.43 bits per heavy atom. The van der Waals surface area contributed by atoms with Crippen LogP contribution in [0.25, 0.3) is 0 Å². The maximum Gasteiger partial charge on any atom is 0.127 e. The van der Waals surface area contributed by atoms with Crippen molar-refractivity contribution >= 4 is 16.5 Å². The van der Waals surface area contributed by atoms with Gasteiger partial charge in [-0.15, -0.1) is 0 Å². The van der Waals surface area contributed by atoms with Crippen molar-refractivity contribution in [1.82, 2.24) is 4.37 Å². The van der Waals surface area contributed by atoms with Crippen molar-refractivity contribution in [2.24, 2.45) is 5.92 Å². The smallest absolute Gasteiger partial charge is 0.127 e. The fourth-order valence-corrected chi connectivity index (χ4v) is 2.19. The van der Waals surface area contributed by atoms with Gasteiger partial charge in [-0.1, -0.05) is 12.8 Å². The topological polar surface area (TPSA) is 48.7 Å². The summed E-state index contributed by atoms with van der Waals surface area (Å²) in [6.07, 6.45) is 3.99. The number of hydrogen-bond acceptors (Lipinski definition) is 4. The minimum Gasteiger partial charge on any atom is -0.375 e. The molecule has 3 nitrogen and oxygen atoms in total. The second-order valence-corrected chi connectivity index (χ2v) is 4.52. The molecule has 0 amide bonds. The first kappa shape index (κ1) is 9.47. The monoisotopic (exact) mass is 207 g/mol. The van der Waals surface area contributed by atoms with Crippen LogP contribution < -0.4 is 5.32 Å². The van der Waals surface area contributed by atoms with Gasteiger partial charge in [0.25, 0.3) is 0 Å². The molecule has 1 aliphatic carbocycles. The van der Waals surface area contributed by atoms with Crippen molar-refractivity contribution in [1.29, 1.82) is 5.26 Å². The summed E-state index contributed by atoms with van der Waals surface area (Å²) < 4.78 is 4.16. The first-order valence-corrected chi connectivity index (χ1v) is 5.69. The molecule has 1 heterocycles. The van der Waals surface area contributed by atoms with Crippen LogP contribution in [-0.4, -0.2) is 10.9 Å². The summed E-state index contributed by atoms with van der Waals surface area (Å²) in [5.74, 6) is 0.932. The van der Waals surface area contributed by atoms with E-state index in [2.05, 4.69) is 15.8 Å². The molecule has 0 aliphatic heterocycles. The van der Waals surface area contributed by atoms with E-state index in [1.807, 2.05) is 6.92 Å². The van der Waals surface area contributed by atoms with Crippen molar-refractivity contribution in [2.45, 2.75) is 26.2 Å². The SMILES string of the molecule is Cc1nsc(NCCC2CC2)c1C#N. The van der Waals surface area contributed by atoms with Crippen LogP contribution in [0.5, 0.6) is 0 Å². The molecular formula is C10H13N3S. The molecule has 0 spiro atoms. The van der Waals surface area contributed by atoms with Crippen LogP contribution in [0.1, 0.15) is 30.5 Å². The van der Waals surface area contributed by atoms with E-state index in [-0.39, 0.29) is 0 Å². The second kappa shape index (κ2) is 3.97. The average Bonchev–Trinajstić information content (AvgIpc) is 2.92. The molecular weight excluding hydrogens is 194 g/mol. The lowest BCUT2D eigenvalue weighted by molar-refractivity contribution is 0.761. The number of anilines is 1. The summed E-state index contributed by atoms with van der Waals surface area (Å²) in [5, 5.41) is 13.1. The highest BCUT2D eigenvalue weighted by Crippen LogP contribution is 2.32. The summed E-state index contributed by atoms with van der Waals surface area (Å²) in [6, 6.07) is 2.18. The van der Waals surface area contributed by atoms with E-state index in [1.165, 1.54) is 30.8 Å². The molecule has 1 N–H and O–H groups in total. The summed E-state index contributed by atoms with van der Waals surface area (Å²) in [5.41, 5.74) is 1.55. The molecule has 0 atom stereocenters. The van der Waals surface area contributed by atoms with Crippen molar-refractivity contribution < 1.29 is 0 Å². The third-order valence-corrected chi connectivity index (χ3v) is 3.41. The van der Waals surface area contributed by atoms with Gasteiger partial charge in [-0.2, -0.15) is 9.64 Å². The average molecular weight is 207 g/mol. The largest absolute Gasteiger partial charge is 0.375 e. The van der Waals surface area contributed by atoms with Gasteiger partial charge in [-0.05, 0) is 30.8 Å². The van der Waals surface area contributed by atoms with Crippen LogP contribution in [0.4, 0.5) is 5.00 Å². The highest BCUT2D eigenvalue weighted by Gasteiger charge is 2.20. The quantitative estimate of drug-likeness (QED) is 0.825. The second-order valence-electron chi connectivity index (χ2n) is 3.74. The Balaban J connectivity index is 1.91. The third-order valence-electron chi connectivity index (χ3n) is 2.51. The number of nitriles is 1. The molecule has 1 aliphatic rings. The van der Waals surface area contributed by atoms with Gasteiger partial charge >= 0.3 is 0 Å². The van der Waals surface area contributed by atoms with Crippen molar-refractivity contribution in [3.63, 3.8) is 0 Å². The predicted octanol–water partition coefficient (Wildman–Crippen LogP) is 2.54. The predicted molar refractivity (Wildman–Crippen MR) is 57.4 cm³/mol. The lowest BCUT2D eigenvalue weighted by Gasteiger charge is -2.01. The van der Waals surface area contributed by atoms with Gasteiger partial charge in [0.2, 0.25) is 0 Å². The molecule has 0 aromatic carbocycles. The molecule has 0 unspecified atom stereocenters. The Bertz CT molecular complexity index is 360. The van der Waals surface area contributed by atoms with Gasteiger partial charge in [0.05, 0.1) is 5.69 Å².